The highest BCUT2D eigenvalue weighted by Gasteiger charge is 2.20. The minimum atomic E-state index is -0.459. The quantitative estimate of drug-likeness (QED) is 0.681. The minimum Gasteiger partial charge on any atom is -0.493 e. The van der Waals surface area contributed by atoms with E-state index in [2.05, 4.69) is 26.0 Å². The second-order valence-corrected chi connectivity index (χ2v) is 5.67. The first kappa shape index (κ1) is 17.0. The summed E-state index contributed by atoms with van der Waals surface area (Å²) in [5.74, 6) is 1.48. The van der Waals surface area contributed by atoms with Gasteiger partial charge in [0.25, 0.3) is 0 Å². The predicted molar refractivity (Wildman–Crippen MR) is 84.2 cm³/mol. The molecule has 0 aliphatic rings. The summed E-state index contributed by atoms with van der Waals surface area (Å²) in [6.07, 6.45) is 3.53. The van der Waals surface area contributed by atoms with E-state index in [4.69, 9.17) is 10.5 Å². The van der Waals surface area contributed by atoms with E-state index in [9.17, 15) is 5.11 Å². The average Bonchev–Trinajstić information content (AvgIpc) is 2.51. The molecule has 0 radical (unpaired) electrons. The van der Waals surface area contributed by atoms with Crippen LogP contribution in [0.25, 0.3) is 0 Å². The van der Waals surface area contributed by atoms with Crippen molar-refractivity contribution in [2.45, 2.75) is 57.9 Å². The molecule has 0 saturated heterocycles. The molecule has 0 amide bonds. The standard InChI is InChI=1S/C17H29NO2/c1-4-14(3)15-9-6-7-10-16(15)20-12-8-11-17(18,5-2)13-19/h6-7,9-10,14,19H,4-5,8,11-13,18H2,1-3H3. The van der Waals surface area contributed by atoms with Crippen LogP contribution >= 0.6 is 0 Å². The second kappa shape index (κ2) is 8.28. The SMILES string of the molecule is CCC(C)c1ccccc1OCCCC(N)(CC)CO. The minimum absolute atomic E-state index is 0.0347. The van der Waals surface area contributed by atoms with Gasteiger partial charge in [-0.3, -0.25) is 0 Å². The van der Waals surface area contributed by atoms with Crippen LogP contribution in [-0.2, 0) is 0 Å². The van der Waals surface area contributed by atoms with Crippen LogP contribution in [0.4, 0.5) is 0 Å². The van der Waals surface area contributed by atoms with Crippen molar-refractivity contribution >= 4 is 0 Å². The van der Waals surface area contributed by atoms with Gasteiger partial charge < -0.3 is 15.6 Å². The summed E-state index contributed by atoms with van der Waals surface area (Å²) < 4.78 is 5.91. The highest BCUT2D eigenvalue weighted by atomic mass is 16.5. The van der Waals surface area contributed by atoms with Gasteiger partial charge in [0.2, 0.25) is 0 Å². The van der Waals surface area contributed by atoms with Crippen LogP contribution in [0.1, 0.15) is 57.9 Å². The number of rotatable bonds is 9. The van der Waals surface area contributed by atoms with E-state index in [1.165, 1.54) is 5.56 Å². The fourth-order valence-electron chi connectivity index (χ4n) is 2.21. The Kier molecular flexibility index (Phi) is 7.03. The Balaban J connectivity index is 2.50. The molecule has 3 heteroatoms. The van der Waals surface area contributed by atoms with Crippen molar-refractivity contribution in [3.8, 4) is 5.75 Å². The van der Waals surface area contributed by atoms with E-state index in [1.54, 1.807) is 0 Å². The van der Waals surface area contributed by atoms with Crippen molar-refractivity contribution in [3.05, 3.63) is 29.8 Å². The van der Waals surface area contributed by atoms with Gasteiger partial charge in [-0.2, -0.15) is 0 Å². The van der Waals surface area contributed by atoms with Gasteiger partial charge >= 0.3 is 0 Å². The molecule has 1 rings (SSSR count). The molecule has 0 fully saturated rings. The van der Waals surface area contributed by atoms with Crippen LogP contribution < -0.4 is 10.5 Å². The van der Waals surface area contributed by atoms with Crippen molar-refractivity contribution in [3.63, 3.8) is 0 Å². The van der Waals surface area contributed by atoms with Crippen LogP contribution in [0.15, 0.2) is 24.3 Å². The molecule has 0 aliphatic carbocycles. The van der Waals surface area contributed by atoms with Crippen molar-refractivity contribution in [2.75, 3.05) is 13.2 Å². The summed E-state index contributed by atoms with van der Waals surface area (Å²) in [5.41, 5.74) is 6.88. The zero-order chi connectivity index (χ0) is 15.0. The first-order chi connectivity index (χ1) is 9.56. The van der Waals surface area contributed by atoms with Crippen molar-refractivity contribution in [1.82, 2.24) is 0 Å². The van der Waals surface area contributed by atoms with Gasteiger partial charge in [0.1, 0.15) is 5.75 Å². The van der Waals surface area contributed by atoms with Gasteiger partial charge in [0.05, 0.1) is 13.2 Å². The van der Waals surface area contributed by atoms with E-state index < -0.39 is 5.54 Å². The summed E-state index contributed by atoms with van der Waals surface area (Å²) in [7, 11) is 0. The summed E-state index contributed by atoms with van der Waals surface area (Å²) in [4.78, 5) is 0. The fourth-order valence-corrected chi connectivity index (χ4v) is 2.21. The molecule has 1 aromatic rings. The zero-order valence-electron chi connectivity index (χ0n) is 13.1. The van der Waals surface area contributed by atoms with E-state index in [1.807, 2.05) is 19.1 Å². The Labute approximate surface area is 123 Å². The average molecular weight is 279 g/mol. The van der Waals surface area contributed by atoms with Crippen LogP contribution in [0.5, 0.6) is 5.75 Å². The first-order valence-electron chi connectivity index (χ1n) is 7.67. The second-order valence-electron chi connectivity index (χ2n) is 5.67. The van der Waals surface area contributed by atoms with Crippen LogP contribution in [0.2, 0.25) is 0 Å². The third-order valence-electron chi connectivity index (χ3n) is 4.16. The molecule has 0 aliphatic heterocycles. The normalized spacial score (nSPS) is 15.7. The molecule has 0 heterocycles. The van der Waals surface area contributed by atoms with Gasteiger partial charge in [-0.15, -0.1) is 0 Å². The molecule has 0 aromatic heterocycles. The Bertz CT molecular complexity index is 388. The number of aliphatic hydroxyl groups excluding tert-OH is 1. The van der Waals surface area contributed by atoms with Crippen LogP contribution in [0, 0.1) is 0 Å². The fraction of sp³-hybridized carbons (Fsp3) is 0.647. The lowest BCUT2D eigenvalue weighted by molar-refractivity contribution is 0.171. The van der Waals surface area contributed by atoms with Gasteiger partial charge in [0.15, 0.2) is 0 Å². The van der Waals surface area contributed by atoms with Crippen molar-refractivity contribution in [1.29, 1.82) is 0 Å². The topological polar surface area (TPSA) is 55.5 Å². The first-order valence-corrected chi connectivity index (χ1v) is 7.67. The Morgan fingerprint density at radius 3 is 2.60 bits per heavy atom. The number of hydrogen-bond donors (Lipinski definition) is 2. The maximum Gasteiger partial charge on any atom is 0.122 e. The molecule has 0 spiro atoms. The van der Waals surface area contributed by atoms with Gasteiger partial charge in [-0.25, -0.2) is 0 Å². The third-order valence-corrected chi connectivity index (χ3v) is 4.16. The maximum absolute atomic E-state index is 9.28. The third kappa shape index (κ3) is 4.80. The van der Waals surface area contributed by atoms with Gasteiger partial charge in [-0.1, -0.05) is 39.0 Å². The van der Waals surface area contributed by atoms with Crippen LogP contribution in [-0.4, -0.2) is 23.9 Å². The summed E-state index contributed by atoms with van der Waals surface area (Å²) in [6.45, 7) is 7.09. The molecular weight excluding hydrogens is 250 g/mol. The molecular formula is C17H29NO2. The van der Waals surface area contributed by atoms with E-state index >= 15 is 0 Å². The molecule has 2 unspecified atom stereocenters. The summed E-state index contributed by atoms with van der Waals surface area (Å²) in [5, 5.41) is 9.28. The van der Waals surface area contributed by atoms with Gasteiger partial charge in [0, 0.05) is 5.54 Å². The Hall–Kier alpha value is -1.06. The number of para-hydroxylation sites is 1. The Morgan fingerprint density at radius 1 is 1.30 bits per heavy atom. The van der Waals surface area contributed by atoms with Crippen molar-refractivity contribution in [2.24, 2.45) is 5.73 Å². The van der Waals surface area contributed by atoms with Crippen molar-refractivity contribution < 1.29 is 9.84 Å². The number of nitrogens with two attached hydrogens (primary N) is 1. The number of benzene rings is 1. The molecule has 0 saturated carbocycles. The lowest BCUT2D eigenvalue weighted by atomic mass is 9.93. The highest BCUT2D eigenvalue weighted by Crippen LogP contribution is 2.28. The van der Waals surface area contributed by atoms with E-state index in [0.29, 0.717) is 12.5 Å². The molecule has 3 N–H and O–H groups in total. The number of ether oxygens (including phenoxy) is 1. The predicted octanol–water partition coefficient (Wildman–Crippen LogP) is 3.46. The highest BCUT2D eigenvalue weighted by molar-refractivity contribution is 5.35. The Morgan fingerprint density at radius 2 is 2.00 bits per heavy atom. The van der Waals surface area contributed by atoms with E-state index in [-0.39, 0.29) is 6.61 Å². The molecule has 3 nitrogen and oxygen atoms in total. The lowest BCUT2D eigenvalue weighted by Crippen LogP contribution is -2.43. The number of aliphatic hydroxyl groups is 1. The molecule has 1 aromatic carbocycles. The lowest BCUT2D eigenvalue weighted by Gasteiger charge is -2.25. The zero-order valence-corrected chi connectivity index (χ0v) is 13.1. The van der Waals surface area contributed by atoms with Crippen LogP contribution in [0.3, 0.4) is 0 Å². The van der Waals surface area contributed by atoms with E-state index in [0.717, 1.165) is 31.4 Å². The molecule has 20 heavy (non-hydrogen) atoms. The molecule has 114 valence electrons. The smallest absolute Gasteiger partial charge is 0.122 e. The van der Waals surface area contributed by atoms with Gasteiger partial charge in [-0.05, 0) is 43.2 Å². The monoisotopic (exact) mass is 279 g/mol. The summed E-state index contributed by atoms with van der Waals surface area (Å²) in [6, 6.07) is 8.23. The largest absolute Gasteiger partial charge is 0.493 e. The molecule has 0 bridgehead atoms. The number of hydrogen-bond acceptors (Lipinski definition) is 3. The molecule has 2 atom stereocenters. The maximum atomic E-state index is 9.28. The summed E-state index contributed by atoms with van der Waals surface area (Å²) >= 11 is 0.